The number of hydrogen-bond acceptors (Lipinski definition) is 6. The first kappa shape index (κ1) is 22.8. The molecule has 0 radical (unpaired) electrons. The van der Waals surface area contributed by atoms with Crippen molar-refractivity contribution in [2.75, 3.05) is 33.3 Å². The minimum absolute atomic E-state index is 0.0152. The first-order chi connectivity index (χ1) is 15.9. The summed E-state index contributed by atoms with van der Waals surface area (Å²) in [5.74, 6) is -0.450. The van der Waals surface area contributed by atoms with Crippen molar-refractivity contribution < 1.29 is 19.2 Å². The molecule has 0 saturated carbocycles. The SMILES string of the molecule is COC(=O)C(c1ccccc1Cl)N1CCN(C(=O)Cn2ccc3cc([N+](=O)[O-])ccc32)CC1. The number of aromatic nitrogens is 1. The molecule has 1 aromatic heterocycles. The van der Waals surface area contributed by atoms with Crippen LogP contribution in [0.15, 0.2) is 54.7 Å². The van der Waals surface area contributed by atoms with Crippen LogP contribution in [0.4, 0.5) is 5.69 Å². The van der Waals surface area contributed by atoms with Crippen molar-refractivity contribution in [3.63, 3.8) is 0 Å². The van der Waals surface area contributed by atoms with Gasteiger partial charge in [-0.15, -0.1) is 0 Å². The summed E-state index contributed by atoms with van der Waals surface area (Å²) in [6.45, 7) is 2.04. The third kappa shape index (κ3) is 4.69. The summed E-state index contributed by atoms with van der Waals surface area (Å²) >= 11 is 6.33. The largest absolute Gasteiger partial charge is 0.468 e. The summed E-state index contributed by atoms with van der Waals surface area (Å²) in [7, 11) is 1.35. The molecule has 1 amide bonds. The molecule has 9 nitrogen and oxygen atoms in total. The highest BCUT2D eigenvalue weighted by molar-refractivity contribution is 6.31. The number of methoxy groups -OCH3 is 1. The molecule has 1 fully saturated rings. The summed E-state index contributed by atoms with van der Waals surface area (Å²) in [4.78, 5) is 39.7. The van der Waals surface area contributed by atoms with E-state index in [4.69, 9.17) is 16.3 Å². The molecule has 2 heterocycles. The molecular weight excluding hydrogens is 448 g/mol. The van der Waals surface area contributed by atoms with Crippen molar-refractivity contribution in [1.29, 1.82) is 0 Å². The van der Waals surface area contributed by atoms with E-state index in [9.17, 15) is 19.7 Å². The van der Waals surface area contributed by atoms with Gasteiger partial charge >= 0.3 is 5.97 Å². The van der Waals surface area contributed by atoms with Gasteiger partial charge in [0, 0.05) is 60.4 Å². The lowest BCUT2D eigenvalue weighted by molar-refractivity contribution is -0.384. The average molecular weight is 471 g/mol. The van der Waals surface area contributed by atoms with Crippen LogP contribution in [0.3, 0.4) is 0 Å². The molecule has 1 saturated heterocycles. The molecule has 2 aromatic carbocycles. The first-order valence-corrected chi connectivity index (χ1v) is 10.8. The van der Waals surface area contributed by atoms with Gasteiger partial charge in [-0.3, -0.25) is 19.8 Å². The Morgan fingerprint density at radius 3 is 2.52 bits per heavy atom. The van der Waals surface area contributed by atoms with E-state index in [0.717, 1.165) is 5.52 Å². The average Bonchev–Trinajstić information content (AvgIpc) is 3.22. The zero-order valence-electron chi connectivity index (χ0n) is 18.0. The molecule has 1 aliphatic rings. The summed E-state index contributed by atoms with van der Waals surface area (Å²) < 4.78 is 6.80. The van der Waals surface area contributed by atoms with Gasteiger partial charge in [-0.2, -0.15) is 0 Å². The number of benzene rings is 2. The lowest BCUT2D eigenvalue weighted by atomic mass is 10.0. The van der Waals surface area contributed by atoms with Gasteiger partial charge in [-0.05, 0) is 23.8 Å². The van der Waals surface area contributed by atoms with Gasteiger partial charge in [0.1, 0.15) is 12.6 Å². The highest BCUT2D eigenvalue weighted by atomic mass is 35.5. The van der Waals surface area contributed by atoms with E-state index in [-0.39, 0.29) is 18.1 Å². The number of carbonyl (C=O) groups is 2. The number of nitrogens with zero attached hydrogens (tertiary/aromatic N) is 4. The number of nitro groups is 1. The fraction of sp³-hybridized carbons (Fsp3) is 0.304. The van der Waals surface area contributed by atoms with Crippen molar-refractivity contribution in [1.82, 2.24) is 14.4 Å². The summed E-state index contributed by atoms with van der Waals surface area (Å²) in [5.41, 5.74) is 1.46. The Kier molecular flexibility index (Phi) is 6.62. The molecule has 4 rings (SSSR count). The highest BCUT2D eigenvalue weighted by Crippen LogP contribution is 2.29. The molecular formula is C23H23ClN4O5. The fourth-order valence-electron chi connectivity index (χ4n) is 4.20. The van der Waals surface area contributed by atoms with Crippen LogP contribution in [-0.2, 0) is 20.9 Å². The standard InChI is InChI=1S/C23H23ClN4O5/c1-33-23(30)22(18-4-2-3-5-19(18)24)26-12-10-25(11-13-26)21(29)15-27-9-8-16-14-17(28(31)32)6-7-20(16)27/h2-9,14,22H,10-13,15H2,1H3. The van der Waals surface area contributed by atoms with Crippen LogP contribution in [0.1, 0.15) is 11.6 Å². The first-order valence-electron chi connectivity index (χ1n) is 10.5. The van der Waals surface area contributed by atoms with Crippen LogP contribution in [0.25, 0.3) is 10.9 Å². The number of carbonyl (C=O) groups excluding carboxylic acids is 2. The number of rotatable bonds is 6. The van der Waals surface area contributed by atoms with E-state index in [1.807, 2.05) is 17.0 Å². The van der Waals surface area contributed by atoms with Crippen molar-refractivity contribution in [3.8, 4) is 0 Å². The van der Waals surface area contributed by atoms with Crippen LogP contribution >= 0.6 is 11.6 Å². The third-order valence-corrected chi connectivity index (χ3v) is 6.27. The van der Waals surface area contributed by atoms with Gasteiger partial charge < -0.3 is 14.2 Å². The zero-order valence-corrected chi connectivity index (χ0v) is 18.8. The Morgan fingerprint density at radius 2 is 1.85 bits per heavy atom. The maximum Gasteiger partial charge on any atom is 0.327 e. The van der Waals surface area contributed by atoms with Crippen molar-refractivity contribution >= 4 is 40.1 Å². The Labute approximate surface area is 195 Å². The number of piperazine rings is 1. The second-order valence-electron chi connectivity index (χ2n) is 7.81. The number of non-ortho nitro benzene ring substituents is 1. The number of halogens is 1. The molecule has 33 heavy (non-hydrogen) atoms. The van der Waals surface area contributed by atoms with Gasteiger partial charge in [0.2, 0.25) is 5.91 Å². The molecule has 0 aliphatic carbocycles. The minimum Gasteiger partial charge on any atom is -0.468 e. The van der Waals surface area contributed by atoms with Gasteiger partial charge in [0.25, 0.3) is 5.69 Å². The van der Waals surface area contributed by atoms with Crippen LogP contribution in [0.5, 0.6) is 0 Å². The van der Waals surface area contributed by atoms with Gasteiger partial charge in [-0.25, -0.2) is 4.79 Å². The lowest BCUT2D eigenvalue weighted by Gasteiger charge is -2.38. The predicted octanol–water partition coefficient (Wildman–Crippen LogP) is 3.26. The van der Waals surface area contributed by atoms with E-state index in [0.29, 0.717) is 42.2 Å². The fourth-order valence-corrected chi connectivity index (χ4v) is 4.43. The molecule has 0 N–H and O–H groups in total. The molecule has 0 bridgehead atoms. The van der Waals surface area contributed by atoms with E-state index < -0.39 is 16.9 Å². The molecule has 172 valence electrons. The quantitative estimate of drug-likeness (QED) is 0.311. The molecule has 1 unspecified atom stereocenters. The maximum absolute atomic E-state index is 12.9. The number of esters is 1. The number of ether oxygens (including phenoxy) is 1. The van der Waals surface area contributed by atoms with Crippen LogP contribution in [0.2, 0.25) is 5.02 Å². The number of fused-ring (bicyclic) bond motifs is 1. The van der Waals surface area contributed by atoms with Gasteiger partial charge in [-0.1, -0.05) is 29.8 Å². The minimum atomic E-state index is -0.634. The normalized spacial score (nSPS) is 15.4. The van der Waals surface area contributed by atoms with E-state index in [2.05, 4.69) is 0 Å². The topological polar surface area (TPSA) is 97.9 Å². The number of hydrogen-bond donors (Lipinski definition) is 0. The second-order valence-corrected chi connectivity index (χ2v) is 8.22. The number of amides is 1. The molecule has 1 atom stereocenters. The van der Waals surface area contributed by atoms with Crippen molar-refractivity contribution in [3.05, 3.63) is 75.4 Å². The summed E-state index contributed by atoms with van der Waals surface area (Å²) in [6, 6.07) is 12.9. The summed E-state index contributed by atoms with van der Waals surface area (Å²) in [6.07, 6.45) is 1.76. The lowest BCUT2D eigenvalue weighted by Crippen LogP contribution is -2.51. The van der Waals surface area contributed by atoms with E-state index in [1.165, 1.54) is 19.2 Å². The highest BCUT2D eigenvalue weighted by Gasteiger charge is 2.33. The molecule has 0 spiro atoms. The Hall–Kier alpha value is -3.43. The Bertz CT molecular complexity index is 1200. The monoisotopic (exact) mass is 470 g/mol. The van der Waals surface area contributed by atoms with E-state index in [1.54, 1.807) is 39.9 Å². The molecule has 1 aliphatic heterocycles. The Balaban J connectivity index is 1.43. The third-order valence-electron chi connectivity index (χ3n) is 5.93. The predicted molar refractivity (Wildman–Crippen MR) is 123 cm³/mol. The second kappa shape index (κ2) is 9.60. The molecule has 10 heteroatoms. The smallest absolute Gasteiger partial charge is 0.327 e. The van der Waals surface area contributed by atoms with E-state index >= 15 is 0 Å². The molecule has 3 aromatic rings. The van der Waals surface area contributed by atoms with Crippen LogP contribution in [0, 0.1) is 10.1 Å². The summed E-state index contributed by atoms with van der Waals surface area (Å²) in [5, 5.41) is 12.2. The Morgan fingerprint density at radius 1 is 1.12 bits per heavy atom. The van der Waals surface area contributed by atoms with Crippen molar-refractivity contribution in [2.45, 2.75) is 12.6 Å². The zero-order chi connectivity index (χ0) is 23.5. The van der Waals surface area contributed by atoms with Crippen LogP contribution in [-0.4, -0.2) is 64.5 Å². The maximum atomic E-state index is 12.9. The van der Waals surface area contributed by atoms with Crippen LogP contribution < -0.4 is 0 Å². The van der Waals surface area contributed by atoms with Gasteiger partial charge in [0.15, 0.2) is 0 Å². The van der Waals surface area contributed by atoms with Crippen molar-refractivity contribution in [2.24, 2.45) is 0 Å². The van der Waals surface area contributed by atoms with Gasteiger partial charge in [0.05, 0.1) is 12.0 Å². The number of nitro benzene ring substituents is 1.